The molecule has 0 radical (unpaired) electrons. The van der Waals surface area contributed by atoms with Gasteiger partial charge in [0.2, 0.25) is 0 Å². The van der Waals surface area contributed by atoms with E-state index in [1.807, 2.05) is 16.8 Å². The van der Waals surface area contributed by atoms with E-state index in [9.17, 15) is 4.79 Å². The van der Waals surface area contributed by atoms with E-state index >= 15 is 0 Å². The zero-order valence-corrected chi connectivity index (χ0v) is 13.0. The Kier molecular flexibility index (Phi) is 2.77. The van der Waals surface area contributed by atoms with Gasteiger partial charge in [0.15, 0.2) is 0 Å². The van der Waals surface area contributed by atoms with Crippen molar-refractivity contribution in [1.82, 2.24) is 4.57 Å². The summed E-state index contributed by atoms with van der Waals surface area (Å²) in [5, 5.41) is 0. The highest BCUT2D eigenvalue weighted by atomic mass is 16.5. The van der Waals surface area contributed by atoms with E-state index < -0.39 is 0 Å². The smallest absolute Gasteiger partial charge is 0.253 e. The molecular weight excluding hydrogens is 264 g/mol. The Balaban J connectivity index is 1.55. The summed E-state index contributed by atoms with van der Waals surface area (Å²) in [5.74, 6) is 0.739. The van der Waals surface area contributed by atoms with E-state index in [4.69, 9.17) is 4.74 Å². The van der Waals surface area contributed by atoms with Crippen LogP contribution in [0.4, 0.5) is 5.69 Å². The van der Waals surface area contributed by atoms with Crippen molar-refractivity contribution in [3.8, 4) is 0 Å². The first kappa shape index (κ1) is 13.4. The lowest BCUT2D eigenvalue weighted by atomic mass is 9.36. The number of anilines is 1. The molecular formula is C17H24N2O2. The van der Waals surface area contributed by atoms with Gasteiger partial charge in [0.25, 0.3) is 5.56 Å². The van der Waals surface area contributed by atoms with Gasteiger partial charge in [-0.3, -0.25) is 4.79 Å². The van der Waals surface area contributed by atoms with Crippen molar-refractivity contribution in [2.45, 2.75) is 38.6 Å². The molecule has 0 atom stereocenters. The molecule has 4 heteroatoms. The van der Waals surface area contributed by atoms with Gasteiger partial charge in [-0.05, 0) is 36.7 Å². The second kappa shape index (κ2) is 4.35. The quantitative estimate of drug-likeness (QED) is 0.855. The number of ether oxygens (including phenoxy) is 1. The summed E-state index contributed by atoms with van der Waals surface area (Å²) in [7, 11) is 0. The molecule has 1 saturated heterocycles. The first-order valence-corrected chi connectivity index (χ1v) is 8.11. The van der Waals surface area contributed by atoms with E-state index in [2.05, 4.69) is 24.8 Å². The van der Waals surface area contributed by atoms with Gasteiger partial charge in [-0.25, -0.2) is 0 Å². The predicted octanol–water partition coefficient (Wildman–Crippen LogP) is 2.22. The molecule has 5 rings (SSSR count). The molecule has 21 heavy (non-hydrogen) atoms. The van der Waals surface area contributed by atoms with E-state index in [0.29, 0.717) is 5.41 Å². The lowest BCUT2D eigenvalue weighted by molar-refractivity contribution is -0.215. The molecule has 1 aromatic rings. The van der Waals surface area contributed by atoms with Gasteiger partial charge in [-0.1, -0.05) is 13.8 Å². The molecule has 4 nitrogen and oxygen atoms in total. The van der Waals surface area contributed by atoms with E-state index in [-0.39, 0.29) is 11.1 Å². The Labute approximate surface area is 125 Å². The monoisotopic (exact) mass is 288 g/mol. The van der Waals surface area contributed by atoms with Crippen LogP contribution in [0.5, 0.6) is 0 Å². The van der Waals surface area contributed by atoms with E-state index in [1.165, 1.54) is 19.3 Å². The molecule has 114 valence electrons. The van der Waals surface area contributed by atoms with Crippen LogP contribution in [0.15, 0.2) is 23.1 Å². The molecule has 0 amide bonds. The fourth-order valence-corrected chi connectivity index (χ4v) is 4.56. The number of rotatable bonds is 3. The number of nitrogens with zero attached hydrogens (tertiary/aromatic N) is 2. The molecule has 0 unspecified atom stereocenters. The Morgan fingerprint density at radius 2 is 1.86 bits per heavy atom. The van der Waals surface area contributed by atoms with Crippen molar-refractivity contribution in [3.05, 3.63) is 28.7 Å². The summed E-state index contributed by atoms with van der Waals surface area (Å²) in [4.78, 5) is 14.8. The summed E-state index contributed by atoms with van der Waals surface area (Å²) in [6.45, 7) is 7.89. The van der Waals surface area contributed by atoms with E-state index in [0.717, 1.165) is 37.9 Å². The van der Waals surface area contributed by atoms with Crippen LogP contribution in [0.25, 0.3) is 0 Å². The zero-order chi connectivity index (χ0) is 14.7. The Hall–Kier alpha value is -1.29. The fourth-order valence-electron chi connectivity index (χ4n) is 4.56. The van der Waals surface area contributed by atoms with Crippen molar-refractivity contribution >= 4 is 5.69 Å². The van der Waals surface area contributed by atoms with Crippen LogP contribution in [-0.2, 0) is 10.3 Å². The summed E-state index contributed by atoms with van der Waals surface area (Å²) in [5.41, 5.74) is 1.88. The minimum Gasteiger partial charge on any atom is -0.378 e. The average molecular weight is 288 g/mol. The molecule has 1 aromatic heterocycles. The van der Waals surface area contributed by atoms with Crippen LogP contribution < -0.4 is 10.5 Å². The largest absolute Gasteiger partial charge is 0.378 e. The van der Waals surface area contributed by atoms with Crippen molar-refractivity contribution in [2.24, 2.45) is 11.3 Å². The van der Waals surface area contributed by atoms with Crippen LogP contribution in [0, 0.1) is 11.3 Å². The minimum atomic E-state index is 0.144. The van der Waals surface area contributed by atoms with Gasteiger partial charge in [0.1, 0.15) is 0 Å². The van der Waals surface area contributed by atoms with Crippen molar-refractivity contribution < 1.29 is 4.74 Å². The second-order valence-corrected chi connectivity index (χ2v) is 7.46. The standard InChI is InChI=1S/C17H24N2O2/c1-13(2)16-10-17(11-16,12-16)19-4-3-14(9-15(19)20)18-5-7-21-8-6-18/h3-4,9,13H,5-8,10-12H2,1-2H3. The molecule has 4 fully saturated rings. The number of aromatic nitrogens is 1. The van der Waals surface area contributed by atoms with Crippen molar-refractivity contribution in [2.75, 3.05) is 31.2 Å². The highest BCUT2D eigenvalue weighted by Crippen LogP contribution is 2.74. The second-order valence-electron chi connectivity index (χ2n) is 7.46. The number of morpholine rings is 1. The number of pyridine rings is 1. The SMILES string of the molecule is CC(C)C12CC(n3ccc(N4CCOCC4)cc3=O)(C1)C2. The maximum atomic E-state index is 12.5. The summed E-state index contributed by atoms with van der Waals surface area (Å²) >= 11 is 0. The van der Waals surface area contributed by atoms with Gasteiger partial charge in [0.05, 0.1) is 13.2 Å². The van der Waals surface area contributed by atoms with Crippen molar-refractivity contribution in [1.29, 1.82) is 0 Å². The van der Waals surface area contributed by atoms with Gasteiger partial charge < -0.3 is 14.2 Å². The molecule has 3 saturated carbocycles. The maximum absolute atomic E-state index is 12.5. The fraction of sp³-hybridized carbons (Fsp3) is 0.706. The van der Waals surface area contributed by atoms with Gasteiger partial charge >= 0.3 is 0 Å². The van der Waals surface area contributed by atoms with Crippen LogP contribution in [0.3, 0.4) is 0 Å². The number of hydrogen-bond donors (Lipinski definition) is 0. The summed E-state index contributed by atoms with van der Waals surface area (Å²) in [6.07, 6.45) is 5.59. The Bertz CT molecular complexity index is 594. The summed E-state index contributed by atoms with van der Waals surface area (Å²) in [6, 6.07) is 3.92. The van der Waals surface area contributed by atoms with E-state index in [1.54, 1.807) is 0 Å². The Morgan fingerprint density at radius 3 is 2.43 bits per heavy atom. The third-order valence-corrected chi connectivity index (χ3v) is 6.06. The van der Waals surface area contributed by atoms with Crippen molar-refractivity contribution in [3.63, 3.8) is 0 Å². The molecule has 2 bridgehead atoms. The average Bonchev–Trinajstić information content (AvgIpc) is 2.38. The molecule has 0 aromatic carbocycles. The van der Waals surface area contributed by atoms with Crippen LogP contribution in [0.2, 0.25) is 0 Å². The highest BCUT2D eigenvalue weighted by molar-refractivity contribution is 5.45. The number of hydrogen-bond acceptors (Lipinski definition) is 3. The van der Waals surface area contributed by atoms with Crippen LogP contribution in [0.1, 0.15) is 33.1 Å². The summed E-state index contributed by atoms with van der Waals surface area (Å²) < 4.78 is 7.37. The third kappa shape index (κ3) is 1.81. The molecule has 1 aliphatic heterocycles. The Morgan fingerprint density at radius 1 is 1.19 bits per heavy atom. The topological polar surface area (TPSA) is 34.5 Å². The van der Waals surface area contributed by atoms with Crippen LogP contribution >= 0.6 is 0 Å². The molecule has 0 spiro atoms. The van der Waals surface area contributed by atoms with Crippen LogP contribution in [-0.4, -0.2) is 30.9 Å². The lowest BCUT2D eigenvalue weighted by Gasteiger charge is -2.73. The molecule has 0 N–H and O–H groups in total. The molecule has 4 aliphatic rings. The first-order valence-electron chi connectivity index (χ1n) is 8.11. The van der Waals surface area contributed by atoms with Gasteiger partial charge in [0, 0.05) is 36.6 Å². The van der Waals surface area contributed by atoms with Gasteiger partial charge in [-0.15, -0.1) is 0 Å². The normalized spacial score (nSPS) is 34.5. The van der Waals surface area contributed by atoms with Gasteiger partial charge in [-0.2, -0.15) is 0 Å². The molecule has 2 heterocycles. The third-order valence-electron chi connectivity index (χ3n) is 6.06. The first-order chi connectivity index (χ1) is 10.0. The minimum absolute atomic E-state index is 0.144. The zero-order valence-electron chi connectivity index (χ0n) is 13.0. The predicted molar refractivity (Wildman–Crippen MR) is 82.8 cm³/mol. The molecule has 3 aliphatic carbocycles. The highest BCUT2D eigenvalue weighted by Gasteiger charge is 2.69. The maximum Gasteiger partial charge on any atom is 0.253 e. The lowest BCUT2D eigenvalue weighted by Crippen LogP contribution is -2.71.